The normalized spacial score (nSPS) is 11.9. The van der Waals surface area contributed by atoms with Crippen LogP contribution < -0.4 is 10.5 Å². The first-order valence-corrected chi connectivity index (χ1v) is 4.49. The van der Waals surface area contributed by atoms with Crippen molar-refractivity contribution in [2.45, 2.75) is 19.3 Å². The van der Waals surface area contributed by atoms with Gasteiger partial charge in [-0.2, -0.15) is 0 Å². The zero-order chi connectivity index (χ0) is 12.3. The Morgan fingerprint density at radius 3 is 2.50 bits per heavy atom. The van der Waals surface area contributed by atoms with E-state index in [4.69, 9.17) is 5.73 Å². The molecule has 90 valence electrons. The highest BCUT2D eigenvalue weighted by Gasteiger charge is 2.29. The molecule has 0 aliphatic carbocycles. The van der Waals surface area contributed by atoms with E-state index < -0.39 is 24.5 Å². The molecule has 0 aliphatic rings. The van der Waals surface area contributed by atoms with Gasteiger partial charge in [0.1, 0.15) is 12.4 Å². The molecule has 0 aliphatic heterocycles. The average molecular weight is 237 g/mol. The topological polar surface area (TPSA) is 35.2 Å². The summed E-state index contributed by atoms with van der Waals surface area (Å²) < 4.78 is 54.6. The van der Waals surface area contributed by atoms with Gasteiger partial charge in [0.25, 0.3) is 12.3 Å². The molecule has 2 nitrogen and oxygen atoms in total. The summed E-state index contributed by atoms with van der Waals surface area (Å²) in [6, 6.07) is 3.49. The van der Waals surface area contributed by atoms with Crippen LogP contribution in [0.4, 0.5) is 23.2 Å². The van der Waals surface area contributed by atoms with Crippen LogP contribution in [0.5, 0.6) is 5.75 Å². The lowest BCUT2D eigenvalue weighted by Crippen LogP contribution is -2.14. The van der Waals surface area contributed by atoms with E-state index in [1.165, 1.54) is 6.07 Å². The predicted molar refractivity (Wildman–Crippen MR) is 51.9 cm³/mol. The third-order valence-electron chi connectivity index (χ3n) is 1.84. The Labute approximate surface area is 90.0 Å². The molecule has 0 radical (unpaired) electrons. The summed E-state index contributed by atoms with van der Waals surface area (Å²) in [5.41, 5.74) is 4.98. The fraction of sp³-hybridized carbons (Fsp3) is 0.400. The second kappa shape index (κ2) is 4.59. The second-order valence-electron chi connectivity index (χ2n) is 3.35. The van der Waals surface area contributed by atoms with E-state index in [1.807, 2.05) is 0 Å². The molecule has 16 heavy (non-hydrogen) atoms. The molecule has 1 aromatic rings. The lowest BCUT2D eigenvalue weighted by atomic mass is 10.1. The van der Waals surface area contributed by atoms with Crippen molar-refractivity contribution in [1.82, 2.24) is 0 Å². The highest BCUT2D eigenvalue weighted by atomic mass is 19.3. The summed E-state index contributed by atoms with van der Waals surface area (Å²) in [7, 11) is 0. The predicted octanol–water partition coefficient (Wildman–Crippen LogP) is 3.02. The minimum absolute atomic E-state index is 0.126. The van der Waals surface area contributed by atoms with E-state index >= 15 is 0 Å². The van der Waals surface area contributed by atoms with Crippen molar-refractivity contribution in [1.29, 1.82) is 0 Å². The Bertz CT molecular complexity index is 362. The SMILES string of the molecule is CC(F)(F)c1cc(N)ccc1OCC(F)F. The molecule has 0 atom stereocenters. The molecule has 6 heteroatoms. The maximum absolute atomic E-state index is 13.1. The molecule has 0 heterocycles. The van der Waals surface area contributed by atoms with Crippen molar-refractivity contribution in [2.75, 3.05) is 12.3 Å². The molecule has 0 aromatic heterocycles. The van der Waals surface area contributed by atoms with Gasteiger partial charge in [-0.3, -0.25) is 0 Å². The molecule has 0 fully saturated rings. The molecule has 1 aromatic carbocycles. The number of hydrogen-bond donors (Lipinski definition) is 1. The molecule has 0 amide bonds. The van der Waals surface area contributed by atoms with Crippen molar-refractivity contribution in [3.63, 3.8) is 0 Å². The first-order valence-electron chi connectivity index (χ1n) is 4.49. The quantitative estimate of drug-likeness (QED) is 0.645. The molecule has 0 saturated heterocycles. The van der Waals surface area contributed by atoms with Crippen LogP contribution in [0, 0.1) is 0 Å². The fourth-order valence-electron chi connectivity index (χ4n) is 1.17. The number of nitrogens with two attached hydrogens (primary N) is 1. The molecule has 2 N–H and O–H groups in total. The number of halogens is 4. The average Bonchev–Trinajstić information content (AvgIpc) is 2.14. The summed E-state index contributed by atoms with van der Waals surface area (Å²) in [6.07, 6.45) is -2.71. The van der Waals surface area contributed by atoms with Gasteiger partial charge in [-0.1, -0.05) is 0 Å². The smallest absolute Gasteiger partial charge is 0.274 e. The molecule has 0 bridgehead atoms. The number of benzene rings is 1. The third-order valence-corrected chi connectivity index (χ3v) is 1.84. The highest BCUT2D eigenvalue weighted by Crippen LogP contribution is 2.35. The maximum atomic E-state index is 13.1. The largest absolute Gasteiger partial charge is 0.487 e. The Balaban J connectivity index is 2.99. The first-order chi connectivity index (χ1) is 7.30. The Kier molecular flexibility index (Phi) is 3.62. The van der Waals surface area contributed by atoms with Crippen LogP contribution in [-0.2, 0) is 5.92 Å². The number of anilines is 1. The first kappa shape index (κ1) is 12.6. The van der Waals surface area contributed by atoms with E-state index in [9.17, 15) is 17.6 Å². The molecule has 0 saturated carbocycles. The van der Waals surface area contributed by atoms with Gasteiger partial charge in [-0.05, 0) is 18.2 Å². The van der Waals surface area contributed by atoms with Gasteiger partial charge in [0, 0.05) is 12.6 Å². The standard InChI is InChI=1S/C10H11F4NO/c1-10(13,14)7-4-6(15)2-3-8(7)16-5-9(11)12/h2-4,9H,5,15H2,1H3. The van der Waals surface area contributed by atoms with Gasteiger partial charge >= 0.3 is 0 Å². The highest BCUT2D eigenvalue weighted by molar-refractivity contribution is 5.49. The summed E-state index contributed by atoms with van der Waals surface area (Å²) in [6.45, 7) is -0.274. The minimum atomic E-state index is -3.19. The van der Waals surface area contributed by atoms with Crippen molar-refractivity contribution >= 4 is 5.69 Å². The zero-order valence-corrected chi connectivity index (χ0v) is 8.51. The number of ether oxygens (including phenoxy) is 1. The van der Waals surface area contributed by atoms with Crippen LogP contribution in [-0.4, -0.2) is 13.0 Å². The van der Waals surface area contributed by atoms with E-state index in [1.54, 1.807) is 0 Å². The number of hydrogen-bond acceptors (Lipinski definition) is 2. The number of alkyl halides is 4. The minimum Gasteiger partial charge on any atom is -0.487 e. The second-order valence-corrected chi connectivity index (χ2v) is 3.35. The summed E-state index contributed by atoms with van der Waals surface area (Å²) in [4.78, 5) is 0. The monoisotopic (exact) mass is 237 g/mol. The van der Waals surface area contributed by atoms with Crippen molar-refractivity contribution < 1.29 is 22.3 Å². The molecule has 0 spiro atoms. The zero-order valence-electron chi connectivity index (χ0n) is 8.51. The van der Waals surface area contributed by atoms with Gasteiger partial charge in [-0.25, -0.2) is 17.6 Å². The summed E-state index contributed by atoms with van der Waals surface area (Å²) in [5.74, 6) is -3.46. The maximum Gasteiger partial charge on any atom is 0.274 e. The van der Waals surface area contributed by atoms with Crippen molar-refractivity contribution in [3.8, 4) is 5.75 Å². The Hall–Kier alpha value is -1.46. The number of rotatable bonds is 4. The van der Waals surface area contributed by atoms with Crippen LogP contribution in [0.15, 0.2) is 18.2 Å². The molecular weight excluding hydrogens is 226 g/mol. The lowest BCUT2D eigenvalue weighted by molar-refractivity contribution is 0.0117. The van der Waals surface area contributed by atoms with Crippen molar-refractivity contribution in [2.24, 2.45) is 0 Å². The van der Waals surface area contributed by atoms with Crippen LogP contribution >= 0.6 is 0 Å². The fourth-order valence-corrected chi connectivity index (χ4v) is 1.17. The molecule has 1 rings (SSSR count). The summed E-state index contributed by atoms with van der Waals surface area (Å²) in [5, 5.41) is 0. The van der Waals surface area contributed by atoms with E-state index in [2.05, 4.69) is 4.74 Å². The van der Waals surface area contributed by atoms with E-state index in [0.717, 1.165) is 12.1 Å². The Morgan fingerprint density at radius 2 is 2.00 bits per heavy atom. The van der Waals surface area contributed by atoms with Gasteiger partial charge in [0.05, 0.1) is 5.56 Å². The lowest BCUT2D eigenvalue weighted by Gasteiger charge is -2.16. The Morgan fingerprint density at radius 1 is 1.38 bits per heavy atom. The van der Waals surface area contributed by atoms with Gasteiger partial charge in [0.2, 0.25) is 0 Å². The van der Waals surface area contributed by atoms with Crippen LogP contribution in [0.25, 0.3) is 0 Å². The van der Waals surface area contributed by atoms with Gasteiger partial charge < -0.3 is 10.5 Å². The van der Waals surface area contributed by atoms with Crippen molar-refractivity contribution in [3.05, 3.63) is 23.8 Å². The van der Waals surface area contributed by atoms with Crippen LogP contribution in [0.1, 0.15) is 12.5 Å². The van der Waals surface area contributed by atoms with E-state index in [0.29, 0.717) is 6.92 Å². The van der Waals surface area contributed by atoms with Gasteiger partial charge in [0.15, 0.2) is 0 Å². The summed E-state index contributed by atoms with van der Waals surface area (Å²) >= 11 is 0. The van der Waals surface area contributed by atoms with Gasteiger partial charge in [-0.15, -0.1) is 0 Å². The molecular formula is C10H11F4NO. The van der Waals surface area contributed by atoms with Crippen LogP contribution in [0.2, 0.25) is 0 Å². The molecule has 0 unspecified atom stereocenters. The van der Waals surface area contributed by atoms with Crippen LogP contribution in [0.3, 0.4) is 0 Å². The third kappa shape index (κ3) is 3.29. The van der Waals surface area contributed by atoms with E-state index in [-0.39, 0.29) is 11.4 Å². The number of nitrogen functional groups attached to an aromatic ring is 1.